The van der Waals surface area contributed by atoms with Crippen LogP contribution in [0.1, 0.15) is 36.5 Å². The molecule has 0 unspecified atom stereocenters. The van der Waals surface area contributed by atoms with Gasteiger partial charge in [0.05, 0.1) is 18.8 Å². The van der Waals surface area contributed by atoms with Crippen molar-refractivity contribution in [3.8, 4) is 0 Å². The molecule has 2 heterocycles. The van der Waals surface area contributed by atoms with Gasteiger partial charge in [-0.15, -0.1) is 0 Å². The predicted octanol–water partition coefficient (Wildman–Crippen LogP) is 2.59. The van der Waals surface area contributed by atoms with E-state index in [2.05, 4.69) is 46.0 Å². The molecule has 0 radical (unpaired) electrons. The Hall–Kier alpha value is -2.02. The minimum absolute atomic E-state index is 0.147. The van der Waals surface area contributed by atoms with Crippen LogP contribution in [-0.4, -0.2) is 71.5 Å². The van der Waals surface area contributed by atoms with Gasteiger partial charge in [-0.2, -0.15) is 0 Å². The molecule has 158 valence electrons. The van der Waals surface area contributed by atoms with E-state index in [1.54, 1.807) is 0 Å². The summed E-state index contributed by atoms with van der Waals surface area (Å²) in [5.74, 6) is 1.88. The average molecular weight is 399 g/mol. The van der Waals surface area contributed by atoms with Crippen molar-refractivity contribution < 1.29 is 9.84 Å². The van der Waals surface area contributed by atoms with Gasteiger partial charge in [-0.05, 0) is 33.3 Å². The molecule has 1 atom stereocenters. The fourth-order valence-corrected chi connectivity index (χ4v) is 3.78. The van der Waals surface area contributed by atoms with E-state index in [9.17, 15) is 5.11 Å². The number of piperazine rings is 1. The Labute approximate surface area is 174 Å². The topological polar surface area (TPSA) is 61.7 Å². The van der Waals surface area contributed by atoms with E-state index in [-0.39, 0.29) is 6.10 Å². The zero-order valence-corrected chi connectivity index (χ0v) is 18.1. The van der Waals surface area contributed by atoms with Crippen LogP contribution >= 0.6 is 0 Å². The predicted molar refractivity (Wildman–Crippen MR) is 117 cm³/mol. The minimum atomic E-state index is -0.443. The van der Waals surface area contributed by atoms with Gasteiger partial charge in [0.15, 0.2) is 0 Å². The molecule has 1 aromatic carbocycles. The fraction of sp³-hybridized carbons (Fsp3) is 0.565. The summed E-state index contributed by atoms with van der Waals surface area (Å²) in [6.45, 7) is 12.7. The van der Waals surface area contributed by atoms with Crippen molar-refractivity contribution in [2.45, 2.75) is 46.3 Å². The lowest BCUT2D eigenvalue weighted by Crippen LogP contribution is -2.49. The van der Waals surface area contributed by atoms with E-state index >= 15 is 0 Å². The molecule has 0 saturated carbocycles. The molecule has 1 saturated heterocycles. The Morgan fingerprint density at radius 1 is 1.03 bits per heavy atom. The van der Waals surface area contributed by atoms with Gasteiger partial charge in [0.2, 0.25) is 0 Å². The molecule has 2 aromatic rings. The first kappa shape index (κ1) is 21.7. The van der Waals surface area contributed by atoms with Gasteiger partial charge in [-0.1, -0.05) is 30.3 Å². The second-order valence-corrected chi connectivity index (χ2v) is 8.14. The second kappa shape index (κ2) is 10.1. The fourth-order valence-electron chi connectivity index (χ4n) is 3.78. The first-order valence-electron chi connectivity index (χ1n) is 10.6. The highest BCUT2D eigenvalue weighted by Crippen LogP contribution is 2.25. The Kier molecular flexibility index (Phi) is 7.58. The van der Waals surface area contributed by atoms with Crippen LogP contribution in [0.4, 0.5) is 5.82 Å². The van der Waals surface area contributed by atoms with E-state index in [0.717, 1.165) is 49.9 Å². The number of benzene rings is 1. The zero-order valence-electron chi connectivity index (χ0n) is 18.1. The Morgan fingerprint density at radius 2 is 1.72 bits per heavy atom. The molecule has 6 nitrogen and oxygen atoms in total. The lowest BCUT2D eigenvalue weighted by atomic mass is 10.0. The number of aliphatic hydroxyl groups excluding tert-OH is 1. The number of ether oxygens (including phenoxy) is 1. The van der Waals surface area contributed by atoms with Crippen LogP contribution in [0.3, 0.4) is 0 Å². The van der Waals surface area contributed by atoms with Crippen LogP contribution in [0, 0.1) is 13.8 Å². The molecule has 29 heavy (non-hydrogen) atoms. The van der Waals surface area contributed by atoms with Crippen LogP contribution in [-0.2, 0) is 11.2 Å². The average Bonchev–Trinajstić information content (AvgIpc) is 2.70. The van der Waals surface area contributed by atoms with Gasteiger partial charge in [0.25, 0.3) is 0 Å². The van der Waals surface area contributed by atoms with Gasteiger partial charge in [-0.25, -0.2) is 9.97 Å². The van der Waals surface area contributed by atoms with Crippen LogP contribution in [0.5, 0.6) is 0 Å². The van der Waals surface area contributed by atoms with Crippen LogP contribution in [0.15, 0.2) is 30.3 Å². The van der Waals surface area contributed by atoms with Crippen molar-refractivity contribution in [1.29, 1.82) is 0 Å². The highest BCUT2D eigenvalue weighted by Gasteiger charge is 2.23. The third-order valence-corrected chi connectivity index (χ3v) is 5.29. The lowest BCUT2D eigenvalue weighted by molar-refractivity contribution is -0.00901. The van der Waals surface area contributed by atoms with E-state index in [1.165, 1.54) is 11.1 Å². The van der Waals surface area contributed by atoms with E-state index < -0.39 is 6.10 Å². The second-order valence-electron chi connectivity index (χ2n) is 8.14. The smallest absolute Gasteiger partial charge is 0.136 e. The van der Waals surface area contributed by atoms with Crippen molar-refractivity contribution >= 4 is 5.82 Å². The lowest BCUT2D eigenvalue weighted by Gasteiger charge is -2.37. The van der Waals surface area contributed by atoms with Crippen LogP contribution < -0.4 is 4.90 Å². The number of nitrogens with zero attached hydrogens (tertiary/aromatic N) is 4. The Morgan fingerprint density at radius 3 is 2.38 bits per heavy atom. The van der Waals surface area contributed by atoms with E-state index in [4.69, 9.17) is 9.72 Å². The van der Waals surface area contributed by atoms with Crippen molar-refractivity contribution in [3.05, 3.63) is 53.0 Å². The van der Waals surface area contributed by atoms with Crippen LogP contribution in [0.2, 0.25) is 0 Å². The van der Waals surface area contributed by atoms with Crippen molar-refractivity contribution in [2.24, 2.45) is 0 Å². The number of hydrogen-bond donors (Lipinski definition) is 1. The third kappa shape index (κ3) is 6.23. The molecule has 0 amide bonds. The van der Waals surface area contributed by atoms with Gasteiger partial charge < -0.3 is 14.7 Å². The van der Waals surface area contributed by atoms with Gasteiger partial charge in [0, 0.05) is 50.4 Å². The maximum atomic E-state index is 10.2. The van der Waals surface area contributed by atoms with Gasteiger partial charge >= 0.3 is 0 Å². The summed E-state index contributed by atoms with van der Waals surface area (Å²) in [5, 5.41) is 10.2. The van der Waals surface area contributed by atoms with E-state index in [1.807, 2.05) is 26.8 Å². The molecular weight excluding hydrogens is 364 g/mol. The van der Waals surface area contributed by atoms with Crippen LogP contribution in [0.25, 0.3) is 0 Å². The Bertz CT molecular complexity index is 774. The third-order valence-electron chi connectivity index (χ3n) is 5.29. The number of hydrogen-bond acceptors (Lipinski definition) is 6. The summed E-state index contributed by atoms with van der Waals surface area (Å²) in [7, 11) is 0. The monoisotopic (exact) mass is 398 g/mol. The summed E-state index contributed by atoms with van der Waals surface area (Å²) >= 11 is 0. The SMILES string of the molecule is Cc1nc(C)c(Cc2ccccc2)c(N2CCN(C[C@@H](O)COC(C)C)CC2)n1. The first-order valence-corrected chi connectivity index (χ1v) is 10.6. The molecule has 0 aliphatic carbocycles. The number of anilines is 1. The molecule has 1 aliphatic heterocycles. The van der Waals surface area contributed by atoms with Crippen molar-refractivity contribution in [3.63, 3.8) is 0 Å². The molecule has 6 heteroatoms. The summed E-state index contributed by atoms with van der Waals surface area (Å²) in [6, 6.07) is 10.5. The van der Waals surface area contributed by atoms with Gasteiger partial charge in [-0.3, -0.25) is 4.90 Å². The summed E-state index contributed by atoms with van der Waals surface area (Å²) in [5.41, 5.74) is 3.54. The molecule has 3 rings (SSSR count). The summed E-state index contributed by atoms with van der Waals surface area (Å²) in [6.07, 6.45) is 0.545. The quantitative estimate of drug-likeness (QED) is 0.738. The maximum absolute atomic E-state index is 10.2. The van der Waals surface area contributed by atoms with E-state index in [0.29, 0.717) is 13.2 Å². The summed E-state index contributed by atoms with van der Waals surface area (Å²) in [4.78, 5) is 14.1. The largest absolute Gasteiger partial charge is 0.389 e. The maximum Gasteiger partial charge on any atom is 0.136 e. The zero-order chi connectivity index (χ0) is 20.8. The molecule has 0 bridgehead atoms. The standard InChI is InChI=1S/C23H34N4O2/c1-17(2)29-16-21(28)15-26-10-12-27(13-11-26)23-22(18(3)24-19(4)25-23)14-20-8-6-5-7-9-20/h5-9,17,21,28H,10-16H2,1-4H3/t21-/m1/s1. The molecule has 1 N–H and O–H groups in total. The normalized spacial score (nSPS) is 16.4. The molecule has 1 fully saturated rings. The Balaban J connectivity index is 1.65. The number of β-amino-alcohol motifs (C(OH)–C–C–N with tert-alkyl or cyclic N) is 1. The van der Waals surface area contributed by atoms with Crippen molar-refractivity contribution in [1.82, 2.24) is 14.9 Å². The number of aryl methyl sites for hydroxylation is 2. The number of rotatable bonds is 8. The van der Waals surface area contributed by atoms with Gasteiger partial charge in [0.1, 0.15) is 11.6 Å². The molecular formula is C23H34N4O2. The molecule has 1 aliphatic rings. The van der Waals surface area contributed by atoms with Crippen molar-refractivity contribution in [2.75, 3.05) is 44.2 Å². The molecule has 1 aromatic heterocycles. The minimum Gasteiger partial charge on any atom is -0.389 e. The number of aromatic nitrogens is 2. The molecule has 0 spiro atoms. The first-order chi connectivity index (χ1) is 13.9. The number of aliphatic hydroxyl groups is 1. The highest BCUT2D eigenvalue weighted by molar-refractivity contribution is 5.51. The highest BCUT2D eigenvalue weighted by atomic mass is 16.5. The summed E-state index contributed by atoms with van der Waals surface area (Å²) < 4.78 is 5.53.